The minimum atomic E-state index is -0.748. The van der Waals surface area contributed by atoms with E-state index in [9.17, 15) is 14.3 Å². The number of aryl methyl sites for hydroxylation is 2. The molecule has 1 saturated carbocycles. The number of nitrogens with zero attached hydrogens (tertiary/aromatic N) is 4. The number of benzene rings is 2. The third-order valence-electron chi connectivity index (χ3n) is 10.2. The molecule has 3 unspecified atom stereocenters. The van der Waals surface area contributed by atoms with Gasteiger partial charge in [0, 0.05) is 37.2 Å². The molecule has 7 heteroatoms. The summed E-state index contributed by atoms with van der Waals surface area (Å²) in [5.41, 5.74) is 6.12. The number of carboxylic acids is 1. The van der Waals surface area contributed by atoms with Crippen LogP contribution in [0.1, 0.15) is 92.8 Å². The van der Waals surface area contributed by atoms with E-state index in [1.165, 1.54) is 22.9 Å². The van der Waals surface area contributed by atoms with Crippen molar-refractivity contribution < 1.29 is 14.3 Å². The average Bonchev–Trinajstić information content (AvgIpc) is 3.61. The van der Waals surface area contributed by atoms with E-state index < -0.39 is 12.0 Å². The van der Waals surface area contributed by atoms with E-state index in [1.54, 1.807) is 6.07 Å². The number of carboxylic acid groups (broad SMARTS) is 1. The second-order valence-corrected chi connectivity index (χ2v) is 13.8. The molecular weight excluding hydrogens is 551 g/mol. The molecule has 2 fully saturated rings. The Morgan fingerprint density at radius 2 is 1.82 bits per heavy atom. The highest BCUT2D eigenvalue weighted by atomic mass is 19.1. The Morgan fingerprint density at radius 3 is 2.45 bits per heavy atom. The summed E-state index contributed by atoms with van der Waals surface area (Å²) < 4.78 is 16.5. The molecule has 0 spiro atoms. The lowest BCUT2D eigenvalue weighted by Crippen LogP contribution is -2.45. The molecule has 1 N–H and O–H groups in total. The minimum Gasteiger partial charge on any atom is -0.480 e. The first kappa shape index (κ1) is 32.4. The van der Waals surface area contributed by atoms with Gasteiger partial charge < -0.3 is 10.0 Å². The fraction of sp³-hybridized carbons (Fsp3) is 0.568. The monoisotopic (exact) mass is 602 g/mol. The van der Waals surface area contributed by atoms with Gasteiger partial charge in [-0.1, -0.05) is 55.8 Å². The van der Waals surface area contributed by atoms with E-state index in [0.717, 1.165) is 69.5 Å². The maximum absolute atomic E-state index is 14.3. The predicted octanol–water partition coefficient (Wildman–Crippen LogP) is 7.11. The smallest absolute Gasteiger partial charge is 0.320 e. The molecule has 2 aliphatic rings. The molecular formula is C37H51FN4O2. The van der Waals surface area contributed by atoms with Crippen LogP contribution >= 0.6 is 0 Å². The number of aromatic nitrogens is 2. The van der Waals surface area contributed by atoms with Crippen molar-refractivity contribution in [2.75, 3.05) is 26.7 Å². The molecule has 238 valence electrons. The van der Waals surface area contributed by atoms with Gasteiger partial charge in [0.2, 0.25) is 0 Å². The summed E-state index contributed by atoms with van der Waals surface area (Å²) in [4.78, 5) is 16.9. The number of rotatable bonds is 12. The Kier molecular flexibility index (Phi) is 10.6. The van der Waals surface area contributed by atoms with Gasteiger partial charge in [0.25, 0.3) is 0 Å². The minimum absolute atomic E-state index is 0.163. The Balaban J connectivity index is 1.25. The van der Waals surface area contributed by atoms with Crippen molar-refractivity contribution in [3.63, 3.8) is 0 Å². The second kappa shape index (κ2) is 14.4. The lowest BCUT2D eigenvalue weighted by molar-refractivity contribution is -0.144. The lowest BCUT2D eigenvalue weighted by Gasteiger charge is -2.35. The second-order valence-electron chi connectivity index (χ2n) is 13.8. The van der Waals surface area contributed by atoms with Gasteiger partial charge in [0.15, 0.2) is 0 Å². The quantitative estimate of drug-likeness (QED) is 0.239. The molecule has 44 heavy (non-hydrogen) atoms. The van der Waals surface area contributed by atoms with E-state index in [0.29, 0.717) is 24.2 Å². The van der Waals surface area contributed by atoms with Crippen LogP contribution < -0.4 is 0 Å². The molecule has 1 saturated heterocycles. The van der Waals surface area contributed by atoms with E-state index in [1.807, 2.05) is 13.1 Å². The van der Waals surface area contributed by atoms with Crippen molar-refractivity contribution in [3.8, 4) is 0 Å². The maximum atomic E-state index is 14.3. The molecule has 0 bridgehead atoms. The number of piperidine rings is 1. The topological polar surface area (TPSA) is 61.6 Å². The van der Waals surface area contributed by atoms with Crippen LogP contribution in [0.15, 0.2) is 54.6 Å². The zero-order chi connectivity index (χ0) is 31.4. The third kappa shape index (κ3) is 7.78. The van der Waals surface area contributed by atoms with Crippen LogP contribution in [0.2, 0.25) is 0 Å². The number of carbonyl (C=O) groups is 1. The number of hydrogen-bond donors (Lipinski definition) is 1. The molecule has 6 nitrogen and oxygen atoms in total. The molecule has 2 heterocycles. The van der Waals surface area contributed by atoms with Crippen LogP contribution in [-0.4, -0.2) is 69.4 Å². The molecule has 0 amide bonds. The highest BCUT2D eigenvalue weighted by molar-refractivity contribution is 5.73. The summed E-state index contributed by atoms with van der Waals surface area (Å²) in [6.07, 6.45) is 5.49. The fourth-order valence-corrected chi connectivity index (χ4v) is 7.73. The van der Waals surface area contributed by atoms with Crippen molar-refractivity contribution >= 4 is 5.97 Å². The van der Waals surface area contributed by atoms with Gasteiger partial charge >= 0.3 is 5.97 Å². The van der Waals surface area contributed by atoms with Crippen molar-refractivity contribution in [1.29, 1.82) is 0 Å². The van der Waals surface area contributed by atoms with Crippen LogP contribution in [-0.2, 0) is 17.8 Å². The number of likely N-dealkylation sites (tertiary alicyclic amines) is 1. The number of likely N-dealkylation sites (N-methyl/N-ethyl adjacent to an activating group) is 1. The number of hydrogen-bond acceptors (Lipinski definition) is 4. The van der Waals surface area contributed by atoms with Crippen LogP contribution in [0.3, 0.4) is 0 Å². The van der Waals surface area contributed by atoms with Crippen molar-refractivity contribution in [1.82, 2.24) is 19.6 Å². The van der Waals surface area contributed by atoms with E-state index >= 15 is 0 Å². The summed E-state index contributed by atoms with van der Waals surface area (Å²) in [7, 11) is 1.98. The van der Waals surface area contributed by atoms with Gasteiger partial charge in [0.05, 0.1) is 5.69 Å². The Labute approximate surface area is 263 Å². The first-order chi connectivity index (χ1) is 21.1. The van der Waals surface area contributed by atoms with Gasteiger partial charge in [-0.05, 0) is 113 Å². The number of halogens is 1. The molecule has 5 rings (SSSR count). The summed E-state index contributed by atoms with van der Waals surface area (Å²) in [5, 5.41) is 15.0. The van der Waals surface area contributed by atoms with E-state index in [4.69, 9.17) is 5.10 Å². The summed E-state index contributed by atoms with van der Waals surface area (Å²) in [5.74, 6) is 0.434. The fourth-order valence-electron chi connectivity index (χ4n) is 7.73. The van der Waals surface area contributed by atoms with Gasteiger partial charge in [-0.2, -0.15) is 5.10 Å². The molecule has 0 radical (unpaired) electrons. The molecule has 3 aromatic rings. The normalized spacial score (nSPS) is 22.2. The Hall–Kier alpha value is -3.03. The molecule has 1 aliphatic heterocycles. The molecule has 4 atom stereocenters. The summed E-state index contributed by atoms with van der Waals surface area (Å²) >= 11 is 0. The molecule has 1 aromatic heterocycles. The average molecular weight is 603 g/mol. The molecule has 1 aliphatic carbocycles. The molecule has 2 aromatic carbocycles. The van der Waals surface area contributed by atoms with Gasteiger partial charge in [-0.15, -0.1) is 0 Å². The van der Waals surface area contributed by atoms with Gasteiger partial charge in [0.1, 0.15) is 11.9 Å². The zero-order valence-electron chi connectivity index (χ0n) is 27.3. The number of aliphatic carboxylic acids is 1. The highest BCUT2D eigenvalue weighted by Gasteiger charge is 2.41. The van der Waals surface area contributed by atoms with E-state index in [-0.39, 0.29) is 17.8 Å². The largest absolute Gasteiger partial charge is 0.480 e. The predicted molar refractivity (Wildman–Crippen MR) is 175 cm³/mol. The van der Waals surface area contributed by atoms with Crippen molar-refractivity contribution in [3.05, 3.63) is 88.5 Å². The van der Waals surface area contributed by atoms with Crippen LogP contribution in [0.4, 0.5) is 4.39 Å². The summed E-state index contributed by atoms with van der Waals surface area (Å²) in [6, 6.07) is 17.8. The SMILES string of the molecule is CCn1nc(Cc2ccc(C)cc2)cc1C1CCN(CC2CC(N(C)[C@H](CC(C)C)C(=O)O)CC2c2cccc(F)c2)CC1. The zero-order valence-corrected chi connectivity index (χ0v) is 27.3. The van der Waals surface area contributed by atoms with Gasteiger partial charge in [-0.3, -0.25) is 14.4 Å². The Morgan fingerprint density at radius 1 is 1.09 bits per heavy atom. The third-order valence-corrected chi connectivity index (χ3v) is 10.2. The lowest BCUT2D eigenvalue weighted by atomic mass is 9.87. The highest BCUT2D eigenvalue weighted by Crippen LogP contribution is 2.43. The van der Waals surface area contributed by atoms with Crippen LogP contribution in [0, 0.1) is 24.6 Å². The van der Waals surface area contributed by atoms with Crippen molar-refractivity contribution in [2.45, 2.75) is 96.7 Å². The summed E-state index contributed by atoms with van der Waals surface area (Å²) in [6.45, 7) is 12.4. The first-order valence-corrected chi connectivity index (χ1v) is 16.7. The Bertz CT molecular complexity index is 1380. The van der Waals surface area contributed by atoms with Crippen molar-refractivity contribution in [2.24, 2.45) is 11.8 Å². The first-order valence-electron chi connectivity index (χ1n) is 16.7. The van der Waals surface area contributed by atoms with E-state index in [2.05, 4.69) is 78.6 Å². The standard InChI is InChI=1S/C37H51FN4O2/c1-6-42-35(22-32(39-42)19-27-12-10-26(4)11-13-27)28-14-16-41(17-15-28)24-30-21-33(40(5)36(37(43)44)18-25(2)3)23-34(30)29-8-7-9-31(38)20-29/h7-13,20,22,25,28,30,33-34,36H,6,14-19,21,23-24H2,1-5H3,(H,43,44)/t30?,33?,34?,36-/m1/s1. The van der Waals surface area contributed by atoms with Crippen LogP contribution in [0.5, 0.6) is 0 Å². The van der Waals surface area contributed by atoms with Gasteiger partial charge in [-0.25, -0.2) is 4.39 Å². The maximum Gasteiger partial charge on any atom is 0.320 e. The van der Waals surface area contributed by atoms with Crippen LogP contribution in [0.25, 0.3) is 0 Å².